The fourth-order valence-corrected chi connectivity index (χ4v) is 3.91. The Morgan fingerprint density at radius 1 is 1.00 bits per heavy atom. The lowest BCUT2D eigenvalue weighted by Crippen LogP contribution is -2.53. The first-order chi connectivity index (χ1) is 11.7. The summed E-state index contributed by atoms with van der Waals surface area (Å²) in [5.41, 5.74) is 2.07. The fourth-order valence-electron chi connectivity index (χ4n) is 3.91. The minimum Gasteiger partial charge on any atom is -0.324 e. The number of rotatable bonds is 5. The van der Waals surface area contributed by atoms with E-state index >= 15 is 0 Å². The average Bonchev–Trinajstić information content (AvgIpc) is 2.63. The summed E-state index contributed by atoms with van der Waals surface area (Å²) >= 11 is 0. The number of anilines is 1. The van der Waals surface area contributed by atoms with Gasteiger partial charge in [-0.05, 0) is 70.4 Å². The maximum absolute atomic E-state index is 13.1. The number of hydrogen-bond donors (Lipinski definition) is 1. The lowest BCUT2D eigenvalue weighted by Gasteiger charge is -2.37. The number of para-hydroxylation sites is 1. The quantitative estimate of drug-likeness (QED) is 0.900. The number of hydrogen-bond acceptors (Lipinski definition) is 3. The summed E-state index contributed by atoms with van der Waals surface area (Å²) < 4.78 is 0. The Labute approximate surface area is 146 Å². The van der Waals surface area contributed by atoms with Crippen LogP contribution in [0.5, 0.6) is 0 Å². The van der Waals surface area contributed by atoms with Crippen molar-refractivity contribution in [1.29, 1.82) is 0 Å². The van der Waals surface area contributed by atoms with Crippen molar-refractivity contribution in [3.63, 3.8) is 0 Å². The Kier molecular flexibility index (Phi) is 6.27. The molecule has 2 heterocycles. The minimum atomic E-state index is -0.0250. The molecular formula is C20H31N3O. The molecule has 4 heteroatoms. The van der Waals surface area contributed by atoms with E-state index in [0.717, 1.165) is 44.0 Å². The average molecular weight is 329 g/mol. The van der Waals surface area contributed by atoms with Gasteiger partial charge in [0.15, 0.2) is 0 Å². The summed E-state index contributed by atoms with van der Waals surface area (Å²) in [6.45, 7) is 7.32. The second kappa shape index (κ2) is 8.63. The zero-order chi connectivity index (χ0) is 16.8. The Bertz CT molecular complexity index is 533. The summed E-state index contributed by atoms with van der Waals surface area (Å²) in [7, 11) is 0. The molecule has 0 aliphatic carbocycles. The Hall–Kier alpha value is -1.39. The van der Waals surface area contributed by atoms with Crippen molar-refractivity contribution >= 4 is 11.6 Å². The maximum atomic E-state index is 13.1. The van der Waals surface area contributed by atoms with Crippen LogP contribution in [0.4, 0.5) is 5.69 Å². The highest BCUT2D eigenvalue weighted by atomic mass is 16.2. The molecule has 0 aromatic heterocycles. The molecule has 1 amide bonds. The molecule has 2 fully saturated rings. The third-order valence-corrected chi connectivity index (χ3v) is 5.42. The molecule has 1 unspecified atom stereocenters. The summed E-state index contributed by atoms with van der Waals surface area (Å²) in [5.74, 6) is 0.164. The smallest absolute Gasteiger partial charge is 0.243 e. The number of carbonyl (C=O) groups excluding carboxylic acids is 1. The van der Waals surface area contributed by atoms with Crippen molar-refractivity contribution in [2.24, 2.45) is 0 Å². The fraction of sp³-hybridized carbons (Fsp3) is 0.650. The molecule has 0 bridgehead atoms. The molecule has 1 aromatic rings. The standard InChI is InChI=1S/C20H31N3O/c1-17-10-4-5-11-18(17)21-20(24)19(23-14-8-3-9-15-23)16-22-12-6-2-7-13-22/h4-5,10-11,19H,2-3,6-9,12-16H2,1H3,(H,21,24). The van der Waals surface area contributed by atoms with Crippen LogP contribution in [-0.2, 0) is 4.79 Å². The lowest BCUT2D eigenvalue weighted by molar-refractivity contribution is -0.122. The minimum absolute atomic E-state index is 0.0250. The monoisotopic (exact) mass is 329 g/mol. The van der Waals surface area contributed by atoms with Gasteiger partial charge in [-0.3, -0.25) is 9.69 Å². The highest BCUT2D eigenvalue weighted by Crippen LogP contribution is 2.19. The summed E-state index contributed by atoms with van der Waals surface area (Å²) in [6, 6.07) is 8.03. The number of likely N-dealkylation sites (tertiary alicyclic amines) is 2. The zero-order valence-electron chi connectivity index (χ0n) is 15.0. The first-order valence-corrected chi connectivity index (χ1v) is 9.57. The number of benzene rings is 1. The van der Waals surface area contributed by atoms with Gasteiger partial charge in [0, 0.05) is 12.2 Å². The third-order valence-electron chi connectivity index (χ3n) is 5.42. The molecule has 0 saturated carbocycles. The van der Waals surface area contributed by atoms with E-state index in [9.17, 15) is 4.79 Å². The molecule has 1 N–H and O–H groups in total. The van der Waals surface area contributed by atoms with Crippen LogP contribution in [0.25, 0.3) is 0 Å². The Morgan fingerprint density at radius 3 is 2.29 bits per heavy atom. The van der Waals surface area contributed by atoms with Crippen LogP contribution < -0.4 is 5.32 Å². The van der Waals surface area contributed by atoms with Crippen LogP contribution in [0.15, 0.2) is 24.3 Å². The van der Waals surface area contributed by atoms with Crippen molar-refractivity contribution < 1.29 is 4.79 Å². The van der Waals surface area contributed by atoms with E-state index in [2.05, 4.69) is 28.1 Å². The van der Waals surface area contributed by atoms with E-state index < -0.39 is 0 Å². The molecule has 1 aromatic carbocycles. The number of amides is 1. The van der Waals surface area contributed by atoms with Crippen molar-refractivity contribution in [3.8, 4) is 0 Å². The van der Waals surface area contributed by atoms with Crippen LogP contribution >= 0.6 is 0 Å². The van der Waals surface area contributed by atoms with E-state index in [-0.39, 0.29) is 11.9 Å². The SMILES string of the molecule is Cc1ccccc1NC(=O)C(CN1CCCCC1)N1CCCCC1. The van der Waals surface area contributed by atoms with E-state index in [4.69, 9.17) is 0 Å². The first kappa shape index (κ1) is 17.4. The van der Waals surface area contributed by atoms with Crippen LogP contribution in [0.3, 0.4) is 0 Å². The van der Waals surface area contributed by atoms with Gasteiger partial charge in [-0.25, -0.2) is 0 Å². The van der Waals surface area contributed by atoms with Gasteiger partial charge in [0.25, 0.3) is 0 Å². The number of nitrogens with zero attached hydrogens (tertiary/aromatic N) is 2. The van der Waals surface area contributed by atoms with Gasteiger partial charge in [0.05, 0.1) is 0 Å². The molecule has 0 radical (unpaired) electrons. The van der Waals surface area contributed by atoms with Crippen molar-refractivity contribution in [2.45, 2.75) is 51.5 Å². The molecule has 2 aliphatic heterocycles. The zero-order valence-corrected chi connectivity index (χ0v) is 15.0. The first-order valence-electron chi connectivity index (χ1n) is 9.57. The molecule has 24 heavy (non-hydrogen) atoms. The van der Waals surface area contributed by atoms with Crippen molar-refractivity contribution in [2.75, 3.05) is 38.0 Å². The number of aryl methyl sites for hydroxylation is 1. The molecule has 4 nitrogen and oxygen atoms in total. The second-order valence-corrected chi connectivity index (χ2v) is 7.28. The van der Waals surface area contributed by atoms with Crippen LogP contribution in [0.2, 0.25) is 0 Å². The molecule has 3 rings (SSSR count). The summed E-state index contributed by atoms with van der Waals surface area (Å²) in [6.07, 6.45) is 7.60. The summed E-state index contributed by atoms with van der Waals surface area (Å²) in [5, 5.41) is 3.19. The highest BCUT2D eigenvalue weighted by molar-refractivity contribution is 5.95. The number of piperidine rings is 2. The van der Waals surface area contributed by atoms with Gasteiger partial charge in [0.2, 0.25) is 5.91 Å². The normalized spacial score (nSPS) is 21.4. The predicted octanol–water partition coefficient (Wildman–Crippen LogP) is 3.27. The highest BCUT2D eigenvalue weighted by Gasteiger charge is 2.29. The summed E-state index contributed by atoms with van der Waals surface area (Å²) in [4.78, 5) is 18.0. The van der Waals surface area contributed by atoms with Gasteiger partial charge in [0.1, 0.15) is 6.04 Å². The predicted molar refractivity (Wildman–Crippen MR) is 99.3 cm³/mol. The lowest BCUT2D eigenvalue weighted by atomic mass is 10.1. The maximum Gasteiger partial charge on any atom is 0.243 e. The van der Waals surface area contributed by atoms with Gasteiger partial charge in [-0.2, -0.15) is 0 Å². The van der Waals surface area contributed by atoms with Crippen LogP contribution in [0.1, 0.15) is 44.1 Å². The van der Waals surface area contributed by atoms with Crippen LogP contribution in [-0.4, -0.2) is 54.5 Å². The Morgan fingerprint density at radius 2 is 1.62 bits per heavy atom. The molecular weight excluding hydrogens is 298 g/mol. The van der Waals surface area contributed by atoms with E-state index in [1.807, 2.05) is 18.2 Å². The van der Waals surface area contributed by atoms with Crippen LogP contribution in [0, 0.1) is 6.92 Å². The van der Waals surface area contributed by atoms with E-state index in [0.29, 0.717) is 0 Å². The third kappa shape index (κ3) is 4.58. The van der Waals surface area contributed by atoms with Gasteiger partial charge >= 0.3 is 0 Å². The second-order valence-electron chi connectivity index (χ2n) is 7.28. The topological polar surface area (TPSA) is 35.6 Å². The molecule has 1 atom stereocenters. The molecule has 2 saturated heterocycles. The van der Waals surface area contributed by atoms with Gasteiger partial charge in [-0.15, -0.1) is 0 Å². The van der Waals surface area contributed by atoms with Gasteiger partial charge < -0.3 is 10.2 Å². The van der Waals surface area contributed by atoms with Crippen molar-refractivity contribution in [1.82, 2.24) is 9.80 Å². The molecule has 0 spiro atoms. The number of carbonyl (C=O) groups is 1. The Balaban J connectivity index is 1.69. The van der Waals surface area contributed by atoms with Gasteiger partial charge in [-0.1, -0.05) is 31.0 Å². The van der Waals surface area contributed by atoms with E-state index in [1.165, 1.54) is 38.5 Å². The molecule has 132 valence electrons. The van der Waals surface area contributed by atoms with E-state index in [1.54, 1.807) is 0 Å². The number of nitrogens with one attached hydrogen (secondary N) is 1. The molecule has 2 aliphatic rings. The largest absolute Gasteiger partial charge is 0.324 e. The van der Waals surface area contributed by atoms with Crippen molar-refractivity contribution in [3.05, 3.63) is 29.8 Å².